The molecule has 1 rings (SSSR count). The fourth-order valence-electron chi connectivity index (χ4n) is 0.877. The molecule has 1 amide bonds. The minimum Gasteiger partial charge on any atom is -0.383 e. The smallest absolute Gasteiger partial charge is 0.263 e. The SMILES string of the molecule is C/C=C1/SC(C)(C)C(=O)N=C1N. The molecule has 0 spiro atoms. The maximum Gasteiger partial charge on any atom is 0.263 e. The summed E-state index contributed by atoms with van der Waals surface area (Å²) in [5.41, 5.74) is 5.54. The third kappa shape index (κ3) is 1.53. The van der Waals surface area contributed by atoms with Gasteiger partial charge in [0.15, 0.2) is 0 Å². The number of amidine groups is 1. The summed E-state index contributed by atoms with van der Waals surface area (Å²) in [6, 6.07) is 0. The number of thioether (sulfide) groups is 1. The lowest BCUT2D eigenvalue weighted by Gasteiger charge is -2.25. The van der Waals surface area contributed by atoms with Crippen molar-refractivity contribution in [1.29, 1.82) is 0 Å². The number of carbonyl (C=O) groups is 1. The predicted octanol–water partition coefficient (Wildman–Crippen LogP) is 1.30. The minimum atomic E-state index is -0.468. The van der Waals surface area contributed by atoms with Gasteiger partial charge in [-0.25, -0.2) is 0 Å². The lowest BCUT2D eigenvalue weighted by Crippen LogP contribution is -2.34. The van der Waals surface area contributed by atoms with Crippen LogP contribution in [0.3, 0.4) is 0 Å². The van der Waals surface area contributed by atoms with Gasteiger partial charge in [-0.1, -0.05) is 6.08 Å². The van der Waals surface area contributed by atoms with Crippen LogP contribution in [0.1, 0.15) is 20.8 Å². The largest absolute Gasteiger partial charge is 0.383 e. The van der Waals surface area contributed by atoms with E-state index in [-0.39, 0.29) is 5.91 Å². The van der Waals surface area contributed by atoms with Gasteiger partial charge >= 0.3 is 0 Å². The van der Waals surface area contributed by atoms with Gasteiger partial charge in [0.1, 0.15) is 5.84 Å². The minimum absolute atomic E-state index is 0.157. The average molecular weight is 184 g/mol. The molecule has 0 atom stereocenters. The van der Waals surface area contributed by atoms with Crippen molar-refractivity contribution in [1.82, 2.24) is 0 Å². The van der Waals surface area contributed by atoms with Crippen molar-refractivity contribution in [2.24, 2.45) is 10.7 Å². The number of hydrogen-bond donors (Lipinski definition) is 1. The van der Waals surface area contributed by atoms with Gasteiger partial charge in [0.05, 0.1) is 4.75 Å². The van der Waals surface area contributed by atoms with Crippen LogP contribution in [0.5, 0.6) is 0 Å². The summed E-state index contributed by atoms with van der Waals surface area (Å²) >= 11 is 1.46. The molecule has 12 heavy (non-hydrogen) atoms. The first-order valence-corrected chi connectivity index (χ1v) is 4.53. The molecule has 0 aliphatic carbocycles. The van der Waals surface area contributed by atoms with E-state index in [2.05, 4.69) is 4.99 Å². The second-order valence-corrected chi connectivity index (χ2v) is 4.73. The average Bonchev–Trinajstić information content (AvgIpc) is 1.97. The maximum absolute atomic E-state index is 11.3. The number of carbonyl (C=O) groups excluding carboxylic acids is 1. The first-order chi connectivity index (χ1) is 5.47. The van der Waals surface area contributed by atoms with Crippen LogP contribution in [0.25, 0.3) is 0 Å². The van der Waals surface area contributed by atoms with Crippen molar-refractivity contribution in [2.75, 3.05) is 0 Å². The third-order valence-electron chi connectivity index (χ3n) is 1.62. The number of amides is 1. The van der Waals surface area contributed by atoms with Crippen LogP contribution in [0.2, 0.25) is 0 Å². The standard InChI is InChI=1S/C8H12N2OS/c1-4-5-6(9)10-7(11)8(2,3)12-5/h4H,1-3H3,(H2,9,10,11)/b5-4+. The van der Waals surface area contributed by atoms with E-state index in [1.807, 2.05) is 26.8 Å². The molecule has 3 nitrogen and oxygen atoms in total. The highest BCUT2D eigenvalue weighted by molar-refractivity contribution is 8.06. The third-order valence-corrected chi connectivity index (χ3v) is 2.97. The number of aliphatic imine (C=N–C) groups is 1. The summed E-state index contributed by atoms with van der Waals surface area (Å²) in [7, 11) is 0. The summed E-state index contributed by atoms with van der Waals surface area (Å²) < 4.78 is -0.468. The van der Waals surface area contributed by atoms with Crippen LogP contribution in [-0.4, -0.2) is 16.5 Å². The summed E-state index contributed by atoms with van der Waals surface area (Å²) in [6.07, 6.45) is 1.87. The summed E-state index contributed by atoms with van der Waals surface area (Å²) in [4.78, 5) is 15.9. The van der Waals surface area contributed by atoms with E-state index < -0.39 is 4.75 Å². The number of nitrogens with two attached hydrogens (primary N) is 1. The molecule has 0 radical (unpaired) electrons. The topological polar surface area (TPSA) is 55.5 Å². The Morgan fingerprint density at radius 2 is 2.17 bits per heavy atom. The van der Waals surface area contributed by atoms with E-state index in [0.717, 1.165) is 4.91 Å². The zero-order chi connectivity index (χ0) is 9.35. The quantitative estimate of drug-likeness (QED) is 0.617. The van der Waals surface area contributed by atoms with Gasteiger partial charge in [0.25, 0.3) is 5.91 Å². The summed E-state index contributed by atoms with van der Waals surface area (Å²) in [5, 5.41) is 0. The fraction of sp³-hybridized carbons (Fsp3) is 0.500. The molecule has 0 saturated carbocycles. The molecule has 1 heterocycles. The van der Waals surface area contributed by atoms with Crippen molar-refractivity contribution in [3.05, 3.63) is 11.0 Å². The second-order valence-electron chi connectivity index (χ2n) is 3.07. The van der Waals surface area contributed by atoms with Gasteiger partial charge in [-0.2, -0.15) is 4.99 Å². The molecule has 0 unspecified atom stereocenters. The first kappa shape index (κ1) is 9.32. The number of hydrogen-bond acceptors (Lipinski definition) is 3. The van der Waals surface area contributed by atoms with Gasteiger partial charge in [0, 0.05) is 4.91 Å². The van der Waals surface area contributed by atoms with Gasteiger partial charge in [-0.05, 0) is 20.8 Å². The maximum atomic E-state index is 11.3. The molecule has 0 aromatic heterocycles. The lowest BCUT2D eigenvalue weighted by atomic mass is 10.2. The molecule has 4 heteroatoms. The highest BCUT2D eigenvalue weighted by Gasteiger charge is 2.34. The highest BCUT2D eigenvalue weighted by Crippen LogP contribution is 2.36. The molecule has 0 fully saturated rings. The van der Waals surface area contributed by atoms with E-state index in [9.17, 15) is 4.79 Å². The van der Waals surface area contributed by atoms with Gasteiger partial charge < -0.3 is 5.73 Å². The Labute approximate surface area is 76.1 Å². The van der Waals surface area contributed by atoms with E-state index >= 15 is 0 Å². The van der Waals surface area contributed by atoms with Crippen LogP contribution in [-0.2, 0) is 4.79 Å². The molecular formula is C8H12N2OS. The highest BCUT2D eigenvalue weighted by atomic mass is 32.2. The monoisotopic (exact) mass is 184 g/mol. The first-order valence-electron chi connectivity index (χ1n) is 3.71. The predicted molar refractivity (Wildman–Crippen MR) is 52.1 cm³/mol. The van der Waals surface area contributed by atoms with E-state index in [1.165, 1.54) is 11.8 Å². The van der Waals surface area contributed by atoms with Gasteiger partial charge in [-0.3, -0.25) is 4.79 Å². The van der Waals surface area contributed by atoms with Crippen molar-refractivity contribution in [2.45, 2.75) is 25.5 Å². The van der Waals surface area contributed by atoms with Crippen molar-refractivity contribution in [3.8, 4) is 0 Å². The zero-order valence-electron chi connectivity index (χ0n) is 7.42. The Morgan fingerprint density at radius 1 is 1.58 bits per heavy atom. The molecule has 0 aromatic rings. The second kappa shape index (κ2) is 2.94. The molecule has 66 valence electrons. The normalized spacial score (nSPS) is 25.8. The van der Waals surface area contributed by atoms with E-state index in [1.54, 1.807) is 0 Å². The summed E-state index contributed by atoms with van der Waals surface area (Å²) in [5.74, 6) is 0.183. The zero-order valence-corrected chi connectivity index (χ0v) is 8.23. The Kier molecular flexibility index (Phi) is 2.28. The number of nitrogens with zero attached hydrogens (tertiary/aromatic N) is 1. The van der Waals surface area contributed by atoms with Crippen LogP contribution in [0, 0.1) is 0 Å². The van der Waals surface area contributed by atoms with Crippen LogP contribution >= 0.6 is 11.8 Å². The molecule has 0 bridgehead atoms. The Hall–Kier alpha value is -0.770. The van der Waals surface area contributed by atoms with Crippen molar-refractivity contribution >= 4 is 23.5 Å². The molecule has 2 N–H and O–H groups in total. The van der Waals surface area contributed by atoms with E-state index in [0.29, 0.717) is 5.84 Å². The Bertz CT molecular complexity index is 279. The van der Waals surface area contributed by atoms with Crippen molar-refractivity contribution in [3.63, 3.8) is 0 Å². The van der Waals surface area contributed by atoms with E-state index in [4.69, 9.17) is 5.73 Å². The van der Waals surface area contributed by atoms with Gasteiger partial charge in [0.2, 0.25) is 0 Å². The lowest BCUT2D eigenvalue weighted by molar-refractivity contribution is -0.119. The molecule has 1 aliphatic heterocycles. The fourth-order valence-corrected chi connectivity index (χ4v) is 1.83. The molecular weight excluding hydrogens is 172 g/mol. The van der Waals surface area contributed by atoms with Crippen molar-refractivity contribution < 1.29 is 4.79 Å². The Morgan fingerprint density at radius 3 is 2.67 bits per heavy atom. The molecule has 0 aromatic carbocycles. The summed E-state index contributed by atoms with van der Waals surface area (Å²) in [6.45, 7) is 5.58. The van der Waals surface area contributed by atoms with Gasteiger partial charge in [-0.15, -0.1) is 11.8 Å². The number of allylic oxidation sites excluding steroid dienone is 1. The molecule has 1 aliphatic rings. The van der Waals surface area contributed by atoms with Crippen LogP contribution < -0.4 is 5.73 Å². The van der Waals surface area contributed by atoms with Crippen LogP contribution in [0.4, 0.5) is 0 Å². The van der Waals surface area contributed by atoms with Crippen LogP contribution in [0.15, 0.2) is 16.0 Å². The molecule has 0 saturated heterocycles. The Balaban J connectivity index is 3.07. The number of rotatable bonds is 0.